The first kappa shape index (κ1) is 14.0. The van der Waals surface area contributed by atoms with E-state index in [0.717, 1.165) is 6.42 Å². The Morgan fingerprint density at radius 1 is 1.35 bits per heavy atom. The molecule has 1 aromatic heterocycles. The number of nitrogens with zero attached hydrogens (tertiary/aromatic N) is 1. The summed E-state index contributed by atoms with van der Waals surface area (Å²) in [6.45, 7) is 2.62. The average molecular weight is 270 g/mol. The summed E-state index contributed by atoms with van der Waals surface area (Å²) >= 11 is 0. The molecule has 1 heterocycles. The van der Waals surface area contributed by atoms with Crippen molar-refractivity contribution < 1.29 is 4.79 Å². The van der Waals surface area contributed by atoms with Gasteiger partial charge in [-0.3, -0.25) is 15.6 Å². The van der Waals surface area contributed by atoms with E-state index >= 15 is 0 Å². The number of hydrogen-bond donors (Lipinski definition) is 3. The summed E-state index contributed by atoms with van der Waals surface area (Å²) in [6, 6.07) is 9.90. The third kappa shape index (κ3) is 3.55. The molecule has 0 aliphatic rings. The van der Waals surface area contributed by atoms with Crippen molar-refractivity contribution in [2.45, 2.75) is 13.3 Å². The Morgan fingerprint density at radius 2 is 2.20 bits per heavy atom. The second kappa shape index (κ2) is 6.68. The van der Waals surface area contributed by atoms with Crippen LogP contribution in [0.15, 0.2) is 42.7 Å². The zero-order valence-electron chi connectivity index (χ0n) is 11.4. The van der Waals surface area contributed by atoms with Crippen molar-refractivity contribution >= 4 is 11.6 Å². The van der Waals surface area contributed by atoms with Crippen molar-refractivity contribution in [3.63, 3.8) is 0 Å². The largest absolute Gasteiger partial charge is 0.352 e. The fourth-order valence-electron chi connectivity index (χ4n) is 1.98. The van der Waals surface area contributed by atoms with E-state index in [2.05, 4.69) is 40.8 Å². The number of rotatable bonds is 5. The maximum Gasteiger partial charge on any atom is 0.255 e. The number of aromatic nitrogens is 1. The summed E-state index contributed by atoms with van der Waals surface area (Å²) in [5, 5.41) is 2.87. The molecule has 5 nitrogen and oxygen atoms in total. The molecule has 0 saturated carbocycles. The highest BCUT2D eigenvalue weighted by Crippen LogP contribution is 2.11. The van der Waals surface area contributed by atoms with Gasteiger partial charge in [0.1, 0.15) is 0 Å². The molecule has 0 aliphatic carbocycles. The van der Waals surface area contributed by atoms with Crippen LogP contribution in [0.2, 0.25) is 0 Å². The molecule has 0 unspecified atom stereocenters. The molecular weight excluding hydrogens is 252 g/mol. The maximum absolute atomic E-state index is 12.0. The predicted octanol–water partition coefficient (Wildman–Crippen LogP) is 1.65. The number of amides is 1. The number of aryl methyl sites for hydroxylation is 1. The molecular formula is C15H18N4O. The monoisotopic (exact) mass is 270 g/mol. The summed E-state index contributed by atoms with van der Waals surface area (Å²) in [5.74, 6) is 5.19. The summed E-state index contributed by atoms with van der Waals surface area (Å²) in [7, 11) is 0. The molecule has 0 radical (unpaired) electrons. The number of benzene rings is 1. The van der Waals surface area contributed by atoms with Gasteiger partial charge < -0.3 is 10.7 Å². The van der Waals surface area contributed by atoms with Crippen molar-refractivity contribution in [1.82, 2.24) is 10.3 Å². The van der Waals surface area contributed by atoms with Crippen molar-refractivity contribution in [3.05, 3.63) is 59.4 Å². The summed E-state index contributed by atoms with van der Waals surface area (Å²) in [4.78, 5) is 16.0. The molecule has 0 fully saturated rings. The lowest BCUT2D eigenvalue weighted by molar-refractivity contribution is 0.0954. The first-order valence-corrected chi connectivity index (χ1v) is 6.45. The highest BCUT2D eigenvalue weighted by Gasteiger charge is 2.10. The molecule has 0 saturated heterocycles. The van der Waals surface area contributed by atoms with Crippen LogP contribution in [0.1, 0.15) is 21.5 Å². The fourth-order valence-corrected chi connectivity index (χ4v) is 1.98. The Morgan fingerprint density at radius 3 is 2.95 bits per heavy atom. The molecule has 0 atom stereocenters. The first-order valence-electron chi connectivity index (χ1n) is 6.45. The van der Waals surface area contributed by atoms with E-state index in [4.69, 9.17) is 5.84 Å². The Balaban J connectivity index is 1.92. The standard InChI is InChI=1S/C15H18N4O/c1-11-3-2-4-12(9-11)5-8-18-15(20)13-10-17-7-6-14(13)19-16/h2-4,6-7,9-10H,5,8,16H2,1H3,(H,17,19)(H,18,20). The number of nitrogens with one attached hydrogen (secondary N) is 2. The van der Waals surface area contributed by atoms with Gasteiger partial charge in [-0.05, 0) is 25.0 Å². The SMILES string of the molecule is Cc1cccc(CCNC(=O)c2cnccc2NN)c1. The van der Waals surface area contributed by atoms with Crippen LogP contribution in [-0.2, 0) is 6.42 Å². The molecule has 104 valence electrons. The minimum absolute atomic E-state index is 0.182. The molecule has 0 spiro atoms. The summed E-state index contributed by atoms with van der Waals surface area (Å²) in [6.07, 6.45) is 3.87. The zero-order valence-corrected chi connectivity index (χ0v) is 11.4. The van der Waals surface area contributed by atoms with Crippen molar-refractivity contribution in [2.24, 2.45) is 5.84 Å². The van der Waals surface area contributed by atoms with Gasteiger partial charge in [-0.1, -0.05) is 29.8 Å². The molecule has 20 heavy (non-hydrogen) atoms. The normalized spacial score (nSPS) is 10.1. The van der Waals surface area contributed by atoms with Gasteiger partial charge in [-0.2, -0.15) is 0 Å². The van der Waals surface area contributed by atoms with Crippen molar-refractivity contribution in [3.8, 4) is 0 Å². The van der Waals surface area contributed by atoms with E-state index in [1.807, 2.05) is 6.07 Å². The van der Waals surface area contributed by atoms with Gasteiger partial charge in [-0.25, -0.2) is 0 Å². The number of hydrazine groups is 1. The third-order valence-electron chi connectivity index (χ3n) is 3.00. The van der Waals surface area contributed by atoms with Crippen molar-refractivity contribution in [1.29, 1.82) is 0 Å². The van der Waals surface area contributed by atoms with Gasteiger partial charge >= 0.3 is 0 Å². The number of pyridine rings is 1. The van der Waals surface area contributed by atoms with E-state index in [9.17, 15) is 4.79 Å². The number of anilines is 1. The van der Waals surface area contributed by atoms with Crippen LogP contribution in [0.5, 0.6) is 0 Å². The van der Waals surface area contributed by atoms with Crippen LogP contribution in [0.25, 0.3) is 0 Å². The van der Waals surface area contributed by atoms with Gasteiger partial charge in [-0.15, -0.1) is 0 Å². The smallest absolute Gasteiger partial charge is 0.255 e. The molecule has 0 aliphatic heterocycles. The third-order valence-corrected chi connectivity index (χ3v) is 3.00. The first-order chi connectivity index (χ1) is 9.70. The van der Waals surface area contributed by atoms with Crippen LogP contribution in [-0.4, -0.2) is 17.4 Å². The topological polar surface area (TPSA) is 80.0 Å². The Hall–Kier alpha value is -2.40. The lowest BCUT2D eigenvalue weighted by Crippen LogP contribution is -2.27. The highest BCUT2D eigenvalue weighted by molar-refractivity contribution is 5.99. The molecule has 2 rings (SSSR count). The van der Waals surface area contributed by atoms with E-state index in [1.165, 1.54) is 17.3 Å². The van der Waals surface area contributed by atoms with Crippen LogP contribution >= 0.6 is 0 Å². The summed E-state index contributed by atoms with van der Waals surface area (Å²) < 4.78 is 0. The van der Waals surface area contributed by atoms with E-state index < -0.39 is 0 Å². The average Bonchev–Trinajstić information content (AvgIpc) is 2.47. The summed E-state index contributed by atoms with van der Waals surface area (Å²) in [5.41, 5.74) is 5.92. The molecule has 4 N–H and O–H groups in total. The van der Waals surface area contributed by atoms with Gasteiger partial charge in [0.05, 0.1) is 11.3 Å². The highest BCUT2D eigenvalue weighted by atomic mass is 16.1. The van der Waals surface area contributed by atoms with Gasteiger partial charge in [0.25, 0.3) is 5.91 Å². The Labute approximate surface area is 118 Å². The van der Waals surface area contributed by atoms with Gasteiger partial charge in [0.15, 0.2) is 0 Å². The van der Waals surface area contributed by atoms with Crippen LogP contribution in [0, 0.1) is 6.92 Å². The quantitative estimate of drug-likeness (QED) is 0.570. The Kier molecular flexibility index (Phi) is 4.68. The molecule has 5 heteroatoms. The number of nitrogens with two attached hydrogens (primary N) is 1. The predicted molar refractivity (Wildman–Crippen MR) is 79.3 cm³/mol. The van der Waals surface area contributed by atoms with Gasteiger partial charge in [0.2, 0.25) is 0 Å². The second-order valence-electron chi connectivity index (χ2n) is 4.56. The molecule has 1 amide bonds. The number of nitrogen functional groups attached to an aromatic ring is 1. The second-order valence-corrected chi connectivity index (χ2v) is 4.56. The maximum atomic E-state index is 12.0. The number of carbonyl (C=O) groups is 1. The number of hydrogen-bond acceptors (Lipinski definition) is 4. The minimum Gasteiger partial charge on any atom is -0.352 e. The molecule has 2 aromatic rings. The van der Waals surface area contributed by atoms with Crippen LogP contribution < -0.4 is 16.6 Å². The van der Waals surface area contributed by atoms with Gasteiger partial charge in [0, 0.05) is 18.9 Å². The molecule has 0 bridgehead atoms. The van der Waals surface area contributed by atoms with E-state index in [1.54, 1.807) is 12.3 Å². The van der Waals surface area contributed by atoms with Crippen molar-refractivity contribution in [2.75, 3.05) is 12.0 Å². The number of carbonyl (C=O) groups excluding carboxylic acids is 1. The zero-order chi connectivity index (χ0) is 14.4. The van der Waals surface area contributed by atoms with E-state index in [0.29, 0.717) is 17.8 Å². The van der Waals surface area contributed by atoms with E-state index in [-0.39, 0.29) is 5.91 Å². The van der Waals surface area contributed by atoms with Crippen LogP contribution in [0.4, 0.5) is 5.69 Å². The molecule has 1 aromatic carbocycles. The van der Waals surface area contributed by atoms with Crippen LogP contribution in [0.3, 0.4) is 0 Å². The minimum atomic E-state index is -0.182. The Bertz CT molecular complexity index is 598. The fraction of sp³-hybridized carbons (Fsp3) is 0.200. The lowest BCUT2D eigenvalue weighted by Gasteiger charge is -2.09. The lowest BCUT2D eigenvalue weighted by atomic mass is 10.1.